The average molecular weight is 587 g/mol. The van der Waals surface area contributed by atoms with Gasteiger partial charge in [0, 0.05) is 38.5 Å². The molecule has 41 heavy (non-hydrogen) atoms. The zero-order chi connectivity index (χ0) is 29.6. The van der Waals surface area contributed by atoms with Crippen LogP contribution in [-0.2, 0) is 31.8 Å². The number of oxime groups is 1. The second kappa shape index (κ2) is 13.5. The van der Waals surface area contributed by atoms with Crippen molar-refractivity contribution in [1.29, 1.82) is 0 Å². The molecule has 1 unspecified atom stereocenters. The summed E-state index contributed by atoms with van der Waals surface area (Å²) in [6, 6.07) is 8.78. The number of nitrogens with two attached hydrogens (primary N) is 1. The number of likely N-dealkylation sites (tertiary alicyclic amines) is 1. The molecule has 1 fully saturated rings. The van der Waals surface area contributed by atoms with Crippen molar-refractivity contribution in [1.82, 2.24) is 29.1 Å². The van der Waals surface area contributed by atoms with E-state index in [2.05, 4.69) is 37.1 Å². The molecule has 0 spiro atoms. The molecule has 1 saturated heterocycles. The summed E-state index contributed by atoms with van der Waals surface area (Å²) < 4.78 is 29.3. The number of hydrogen-bond donors (Lipinski definition) is 2. The summed E-state index contributed by atoms with van der Waals surface area (Å²) >= 11 is 0. The molecule has 0 aliphatic carbocycles. The molecule has 2 aromatic heterocycles. The van der Waals surface area contributed by atoms with Gasteiger partial charge >= 0.3 is 13.5 Å². The van der Waals surface area contributed by atoms with Crippen LogP contribution in [0.5, 0.6) is 0 Å². The van der Waals surface area contributed by atoms with E-state index < -0.39 is 31.7 Å². The van der Waals surface area contributed by atoms with Gasteiger partial charge in [-0.1, -0.05) is 35.5 Å². The lowest BCUT2D eigenvalue weighted by Crippen LogP contribution is -2.42. The van der Waals surface area contributed by atoms with Crippen molar-refractivity contribution in [3.8, 4) is 0 Å². The summed E-state index contributed by atoms with van der Waals surface area (Å²) in [6.07, 6.45) is 3.50. The number of ether oxygens (including phenoxy) is 1. The number of aromatic nitrogens is 4. The first-order valence-electron chi connectivity index (χ1n) is 13.7. The standard InChI is InChI=1S/C27H39N8O5P/c1-19(2)35(21(4)27(36)37)41(38,18-39-20(3)14-34-17-31-24-25(28)29-16-30-26(24)34)40-32-23-10-12-33(13-11-23)15-22-8-6-5-7-9-22/h5-9,16-17,19-21H,10-15,18H2,1-4H3,(H,36,37)(H2,28,29,30)/t20-,21+,41?/m1/s1. The summed E-state index contributed by atoms with van der Waals surface area (Å²) in [5.74, 6) is -0.833. The Hall–Kier alpha value is -3.38. The van der Waals surface area contributed by atoms with Gasteiger partial charge in [-0.15, -0.1) is 0 Å². The number of anilines is 1. The predicted octanol–water partition coefficient (Wildman–Crippen LogP) is 3.82. The highest BCUT2D eigenvalue weighted by atomic mass is 31.2. The van der Waals surface area contributed by atoms with Crippen LogP contribution in [0.4, 0.5) is 5.82 Å². The first kappa shape index (κ1) is 30.6. The molecule has 3 atom stereocenters. The highest BCUT2D eigenvalue weighted by Crippen LogP contribution is 2.54. The normalized spacial score (nSPS) is 17.5. The Balaban J connectivity index is 1.45. The van der Waals surface area contributed by atoms with Crippen LogP contribution in [0.3, 0.4) is 0 Å². The number of aliphatic carboxylic acids is 1. The summed E-state index contributed by atoms with van der Waals surface area (Å²) in [7, 11) is -3.87. The molecule has 222 valence electrons. The number of benzene rings is 1. The van der Waals surface area contributed by atoms with E-state index >= 15 is 0 Å². The van der Waals surface area contributed by atoms with Gasteiger partial charge in [-0.05, 0) is 33.3 Å². The highest BCUT2D eigenvalue weighted by molar-refractivity contribution is 7.56. The SMILES string of the molecule is CC(C)N([C@@H](C)C(=O)O)P(=O)(CO[C@H](C)Cn1cnc2c(N)ncnc21)ON=C1CCN(Cc2ccccc2)CC1. The van der Waals surface area contributed by atoms with Crippen molar-refractivity contribution in [2.45, 2.75) is 71.8 Å². The molecule has 0 saturated carbocycles. The molecular weight excluding hydrogens is 547 g/mol. The third-order valence-corrected chi connectivity index (χ3v) is 9.34. The molecule has 1 aliphatic rings. The Morgan fingerprint density at radius 3 is 2.51 bits per heavy atom. The van der Waals surface area contributed by atoms with Crippen LogP contribution in [0.15, 0.2) is 48.1 Å². The zero-order valence-electron chi connectivity index (χ0n) is 24.0. The van der Waals surface area contributed by atoms with Crippen LogP contribution < -0.4 is 5.73 Å². The quantitative estimate of drug-likeness (QED) is 0.221. The fourth-order valence-corrected chi connectivity index (χ4v) is 7.20. The highest BCUT2D eigenvalue weighted by Gasteiger charge is 2.42. The maximum Gasteiger partial charge on any atom is 0.367 e. The molecule has 3 heterocycles. The van der Waals surface area contributed by atoms with E-state index in [1.165, 1.54) is 23.5 Å². The summed E-state index contributed by atoms with van der Waals surface area (Å²) in [5.41, 5.74) is 8.96. The smallest absolute Gasteiger partial charge is 0.367 e. The number of piperidine rings is 1. The molecule has 1 aromatic carbocycles. The maximum atomic E-state index is 14.4. The van der Waals surface area contributed by atoms with Crippen LogP contribution >= 0.6 is 7.52 Å². The molecule has 0 radical (unpaired) electrons. The van der Waals surface area contributed by atoms with Gasteiger partial charge in [0.2, 0.25) is 0 Å². The van der Waals surface area contributed by atoms with Crippen molar-refractivity contribution >= 4 is 36.2 Å². The fraction of sp³-hybridized carbons (Fsp3) is 0.519. The third-order valence-electron chi connectivity index (χ3n) is 7.02. The first-order valence-corrected chi connectivity index (χ1v) is 15.5. The topological polar surface area (TPSA) is 161 Å². The number of carboxylic acid groups (broad SMARTS) is 1. The monoisotopic (exact) mass is 586 g/mol. The lowest BCUT2D eigenvalue weighted by molar-refractivity contribution is -0.141. The van der Waals surface area contributed by atoms with E-state index in [0.717, 1.165) is 25.3 Å². The Morgan fingerprint density at radius 1 is 1.15 bits per heavy atom. The van der Waals surface area contributed by atoms with Gasteiger partial charge in [0.1, 0.15) is 24.2 Å². The van der Waals surface area contributed by atoms with Gasteiger partial charge in [-0.2, -0.15) is 0 Å². The number of imidazole rings is 1. The Labute approximate surface area is 239 Å². The van der Waals surface area contributed by atoms with Crippen LogP contribution in [0.25, 0.3) is 11.2 Å². The molecule has 4 rings (SSSR count). The molecular formula is C27H39N8O5P. The van der Waals surface area contributed by atoms with Crippen LogP contribution in [-0.4, -0.2) is 83.5 Å². The first-order chi connectivity index (χ1) is 19.6. The van der Waals surface area contributed by atoms with E-state index in [1.807, 2.05) is 25.1 Å². The molecule has 13 nitrogen and oxygen atoms in total. The minimum absolute atomic E-state index is 0.278. The molecule has 3 aromatic rings. The second-order valence-corrected chi connectivity index (χ2v) is 12.7. The zero-order valence-corrected chi connectivity index (χ0v) is 24.9. The Kier molecular flexibility index (Phi) is 10.1. The number of carboxylic acids is 1. The van der Waals surface area contributed by atoms with Gasteiger partial charge in [-0.3, -0.25) is 14.3 Å². The van der Waals surface area contributed by atoms with Crippen LogP contribution in [0.1, 0.15) is 46.1 Å². The van der Waals surface area contributed by atoms with Crippen molar-refractivity contribution in [3.63, 3.8) is 0 Å². The van der Waals surface area contributed by atoms with Gasteiger partial charge < -0.3 is 24.8 Å². The number of nitrogens with zero attached hydrogens (tertiary/aromatic N) is 7. The van der Waals surface area contributed by atoms with Gasteiger partial charge in [0.25, 0.3) is 0 Å². The predicted molar refractivity (Wildman–Crippen MR) is 156 cm³/mol. The van der Waals surface area contributed by atoms with E-state index in [-0.39, 0.29) is 12.2 Å². The lowest BCUT2D eigenvalue weighted by atomic mass is 10.1. The molecule has 0 bridgehead atoms. The lowest BCUT2D eigenvalue weighted by Gasteiger charge is -2.35. The number of rotatable bonds is 13. The largest absolute Gasteiger partial charge is 0.480 e. The molecule has 0 amide bonds. The second-order valence-electron chi connectivity index (χ2n) is 10.6. The molecule has 3 N–H and O–H groups in total. The number of fused-ring (bicyclic) bond motifs is 1. The fourth-order valence-electron chi connectivity index (χ4n) is 4.92. The van der Waals surface area contributed by atoms with Gasteiger partial charge in [0.05, 0.1) is 24.7 Å². The Bertz CT molecular complexity index is 1390. The average Bonchev–Trinajstić information content (AvgIpc) is 3.36. The van der Waals surface area contributed by atoms with Gasteiger partial charge in [-0.25, -0.2) is 19.6 Å². The van der Waals surface area contributed by atoms with Crippen molar-refractivity contribution in [2.24, 2.45) is 5.16 Å². The number of hydrogen-bond acceptors (Lipinski definition) is 10. The van der Waals surface area contributed by atoms with Gasteiger partial charge in [0.15, 0.2) is 11.5 Å². The summed E-state index contributed by atoms with van der Waals surface area (Å²) in [6.45, 7) is 9.62. The van der Waals surface area contributed by atoms with E-state index in [4.69, 9.17) is 15.1 Å². The maximum absolute atomic E-state index is 14.4. The van der Waals surface area contributed by atoms with E-state index in [0.29, 0.717) is 30.6 Å². The minimum Gasteiger partial charge on any atom is -0.480 e. The summed E-state index contributed by atoms with van der Waals surface area (Å²) in [4.78, 5) is 26.8. The van der Waals surface area contributed by atoms with E-state index in [9.17, 15) is 14.5 Å². The van der Waals surface area contributed by atoms with E-state index in [1.54, 1.807) is 24.7 Å². The minimum atomic E-state index is -3.87. The van der Waals surface area contributed by atoms with Crippen molar-refractivity contribution in [2.75, 3.05) is 25.2 Å². The molecule has 14 heteroatoms. The summed E-state index contributed by atoms with van der Waals surface area (Å²) in [5, 5.41) is 14.1. The molecule has 1 aliphatic heterocycles. The van der Waals surface area contributed by atoms with Crippen molar-refractivity contribution < 1.29 is 23.8 Å². The number of nitrogen functional groups attached to an aromatic ring is 1. The number of carbonyl (C=O) groups is 1. The van der Waals surface area contributed by atoms with Crippen molar-refractivity contribution in [3.05, 3.63) is 48.5 Å². The van der Waals surface area contributed by atoms with Crippen LogP contribution in [0, 0.1) is 0 Å². The Morgan fingerprint density at radius 2 is 1.85 bits per heavy atom. The van der Waals surface area contributed by atoms with Crippen LogP contribution in [0.2, 0.25) is 0 Å². The third kappa shape index (κ3) is 7.68.